The van der Waals surface area contributed by atoms with Gasteiger partial charge < -0.3 is 4.74 Å². The molecular formula is C9H9Cl2NO2. The molecule has 1 aromatic rings. The van der Waals surface area contributed by atoms with Crippen molar-refractivity contribution in [1.82, 2.24) is 4.98 Å². The number of pyridine rings is 1. The second-order valence-electron chi connectivity index (χ2n) is 2.77. The Morgan fingerprint density at radius 3 is 2.71 bits per heavy atom. The third kappa shape index (κ3) is 2.59. The van der Waals surface area contributed by atoms with Crippen LogP contribution in [0.4, 0.5) is 0 Å². The highest BCUT2D eigenvalue weighted by atomic mass is 35.5. The molecule has 0 radical (unpaired) electrons. The zero-order chi connectivity index (χ0) is 10.7. The number of carbonyl (C=O) groups is 1. The molecule has 0 spiro atoms. The third-order valence-electron chi connectivity index (χ3n) is 1.70. The van der Waals surface area contributed by atoms with Gasteiger partial charge in [0.1, 0.15) is 5.15 Å². The lowest BCUT2D eigenvalue weighted by molar-refractivity contribution is -0.139. The molecule has 0 atom stereocenters. The van der Waals surface area contributed by atoms with Crippen LogP contribution < -0.4 is 0 Å². The summed E-state index contributed by atoms with van der Waals surface area (Å²) in [6, 6.07) is 1.66. The number of esters is 1. The van der Waals surface area contributed by atoms with E-state index in [1.165, 1.54) is 7.11 Å². The maximum atomic E-state index is 11.0. The molecule has 0 amide bonds. The number of methoxy groups -OCH3 is 1. The van der Waals surface area contributed by atoms with E-state index in [9.17, 15) is 4.79 Å². The summed E-state index contributed by atoms with van der Waals surface area (Å²) in [6.07, 6.45) is 0.0431. The van der Waals surface area contributed by atoms with Crippen LogP contribution in [0.5, 0.6) is 0 Å². The third-order valence-corrected chi connectivity index (χ3v) is 2.35. The van der Waals surface area contributed by atoms with Crippen molar-refractivity contribution >= 4 is 29.2 Å². The second kappa shape index (κ2) is 4.62. The predicted octanol–water partition coefficient (Wildman–Crippen LogP) is 2.41. The van der Waals surface area contributed by atoms with Gasteiger partial charge in [0, 0.05) is 16.3 Å². The van der Waals surface area contributed by atoms with Gasteiger partial charge in [-0.1, -0.05) is 23.2 Å². The first kappa shape index (κ1) is 11.3. The Morgan fingerprint density at radius 1 is 1.57 bits per heavy atom. The highest BCUT2D eigenvalue weighted by molar-refractivity contribution is 6.35. The highest BCUT2D eigenvalue weighted by Gasteiger charge is 2.12. The molecule has 0 bridgehead atoms. The number of halogens is 2. The zero-order valence-corrected chi connectivity index (χ0v) is 9.32. The molecule has 1 rings (SSSR count). The summed E-state index contributed by atoms with van der Waals surface area (Å²) in [5.41, 5.74) is 1.22. The van der Waals surface area contributed by atoms with Crippen LogP contribution >= 0.6 is 23.2 Å². The SMILES string of the molecule is COC(=O)Cc1c(Cl)cc(C)nc1Cl. The summed E-state index contributed by atoms with van der Waals surface area (Å²) in [6.45, 7) is 1.78. The lowest BCUT2D eigenvalue weighted by atomic mass is 10.2. The first-order valence-corrected chi connectivity index (χ1v) is 4.68. The van der Waals surface area contributed by atoms with Gasteiger partial charge in [-0.2, -0.15) is 0 Å². The minimum Gasteiger partial charge on any atom is -0.469 e. The summed E-state index contributed by atoms with van der Waals surface area (Å²) in [5.74, 6) is -0.389. The second-order valence-corrected chi connectivity index (χ2v) is 3.53. The number of hydrogen-bond acceptors (Lipinski definition) is 3. The Labute approximate surface area is 92.0 Å². The summed E-state index contributed by atoms with van der Waals surface area (Å²) in [4.78, 5) is 15.0. The monoisotopic (exact) mass is 233 g/mol. The Kier molecular flexibility index (Phi) is 3.72. The van der Waals surface area contributed by atoms with Gasteiger partial charge in [0.2, 0.25) is 0 Å². The van der Waals surface area contributed by atoms with Gasteiger partial charge in [0.05, 0.1) is 13.5 Å². The molecule has 76 valence electrons. The number of nitrogens with zero attached hydrogens (tertiary/aromatic N) is 1. The van der Waals surface area contributed by atoms with Crippen LogP contribution in [0.1, 0.15) is 11.3 Å². The van der Waals surface area contributed by atoms with Crippen molar-refractivity contribution < 1.29 is 9.53 Å². The van der Waals surface area contributed by atoms with E-state index < -0.39 is 0 Å². The van der Waals surface area contributed by atoms with Crippen molar-refractivity contribution in [2.45, 2.75) is 13.3 Å². The van der Waals surface area contributed by atoms with Crippen LogP contribution in [-0.4, -0.2) is 18.1 Å². The molecule has 0 aliphatic heterocycles. The molecular weight excluding hydrogens is 225 g/mol. The van der Waals surface area contributed by atoms with Crippen molar-refractivity contribution in [3.63, 3.8) is 0 Å². The van der Waals surface area contributed by atoms with Crippen molar-refractivity contribution in [2.24, 2.45) is 0 Å². The van der Waals surface area contributed by atoms with E-state index in [4.69, 9.17) is 23.2 Å². The van der Waals surface area contributed by atoms with Crippen LogP contribution in [0.25, 0.3) is 0 Å². The van der Waals surface area contributed by atoms with E-state index in [-0.39, 0.29) is 17.5 Å². The number of aryl methyl sites for hydroxylation is 1. The molecule has 5 heteroatoms. The fourth-order valence-electron chi connectivity index (χ4n) is 0.998. The Morgan fingerprint density at radius 2 is 2.21 bits per heavy atom. The van der Waals surface area contributed by atoms with Crippen LogP contribution in [0.3, 0.4) is 0 Å². The van der Waals surface area contributed by atoms with E-state index in [1.807, 2.05) is 0 Å². The molecule has 0 saturated heterocycles. The van der Waals surface area contributed by atoms with E-state index in [0.717, 1.165) is 0 Å². The fraction of sp³-hybridized carbons (Fsp3) is 0.333. The standard InChI is InChI=1S/C9H9Cl2NO2/c1-5-3-7(10)6(9(11)12-5)4-8(13)14-2/h3H,4H2,1-2H3. The number of ether oxygens (including phenoxy) is 1. The van der Waals surface area contributed by atoms with Crippen LogP contribution in [0.2, 0.25) is 10.2 Å². The van der Waals surface area contributed by atoms with Gasteiger partial charge in [-0.25, -0.2) is 4.98 Å². The van der Waals surface area contributed by atoms with Gasteiger partial charge >= 0.3 is 5.97 Å². The van der Waals surface area contributed by atoms with E-state index in [0.29, 0.717) is 16.3 Å². The summed E-state index contributed by atoms with van der Waals surface area (Å²) in [7, 11) is 1.31. The molecule has 1 heterocycles. The van der Waals surface area contributed by atoms with Crippen molar-refractivity contribution in [1.29, 1.82) is 0 Å². The number of aromatic nitrogens is 1. The molecule has 0 aliphatic rings. The van der Waals surface area contributed by atoms with Crippen molar-refractivity contribution in [3.8, 4) is 0 Å². The fourth-order valence-corrected chi connectivity index (χ4v) is 1.66. The van der Waals surface area contributed by atoms with Crippen LogP contribution in [0, 0.1) is 6.92 Å². The molecule has 0 fully saturated rings. The maximum absolute atomic E-state index is 11.0. The molecule has 0 aromatic carbocycles. The molecule has 0 saturated carbocycles. The number of hydrogen-bond donors (Lipinski definition) is 0. The maximum Gasteiger partial charge on any atom is 0.310 e. The van der Waals surface area contributed by atoms with Crippen molar-refractivity contribution in [3.05, 3.63) is 27.5 Å². The molecule has 0 aliphatic carbocycles. The summed E-state index contributed by atoms with van der Waals surface area (Å²) >= 11 is 11.7. The van der Waals surface area contributed by atoms with Gasteiger partial charge in [0.15, 0.2) is 0 Å². The quantitative estimate of drug-likeness (QED) is 0.582. The smallest absolute Gasteiger partial charge is 0.310 e. The molecule has 0 unspecified atom stereocenters. The number of carbonyl (C=O) groups excluding carboxylic acids is 1. The van der Waals surface area contributed by atoms with E-state index >= 15 is 0 Å². The zero-order valence-electron chi connectivity index (χ0n) is 7.80. The number of rotatable bonds is 2. The normalized spacial score (nSPS) is 10.0. The topological polar surface area (TPSA) is 39.2 Å². The summed E-state index contributed by atoms with van der Waals surface area (Å²) < 4.78 is 4.51. The first-order chi connectivity index (χ1) is 6.54. The minimum atomic E-state index is -0.389. The molecule has 3 nitrogen and oxygen atoms in total. The lowest BCUT2D eigenvalue weighted by Crippen LogP contribution is -2.06. The van der Waals surface area contributed by atoms with E-state index in [2.05, 4.69) is 9.72 Å². The largest absolute Gasteiger partial charge is 0.469 e. The molecule has 1 aromatic heterocycles. The molecule has 14 heavy (non-hydrogen) atoms. The minimum absolute atomic E-state index is 0.0431. The predicted molar refractivity (Wildman–Crippen MR) is 54.7 cm³/mol. The van der Waals surface area contributed by atoms with Gasteiger partial charge in [-0.05, 0) is 13.0 Å². The Balaban J connectivity index is 3.02. The van der Waals surface area contributed by atoms with Gasteiger partial charge in [-0.3, -0.25) is 4.79 Å². The average Bonchev–Trinajstić information content (AvgIpc) is 2.10. The average molecular weight is 234 g/mol. The summed E-state index contributed by atoms with van der Waals surface area (Å²) in [5, 5.41) is 0.688. The van der Waals surface area contributed by atoms with Crippen molar-refractivity contribution in [2.75, 3.05) is 7.11 Å². The first-order valence-electron chi connectivity index (χ1n) is 3.93. The lowest BCUT2D eigenvalue weighted by Gasteiger charge is -2.05. The van der Waals surface area contributed by atoms with Crippen LogP contribution in [0.15, 0.2) is 6.07 Å². The highest BCUT2D eigenvalue weighted by Crippen LogP contribution is 2.24. The Bertz CT molecular complexity index is 343. The Hall–Kier alpha value is -0.800. The molecule has 0 N–H and O–H groups in total. The van der Waals surface area contributed by atoms with E-state index in [1.54, 1.807) is 13.0 Å². The van der Waals surface area contributed by atoms with Gasteiger partial charge in [-0.15, -0.1) is 0 Å². The van der Waals surface area contributed by atoms with Gasteiger partial charge in [0.25, 0.3) is 0 Å². The van der Waals surface area contributed by atoms with Crippen LogP contribution in [-0.2, 0) is 16.0 Å².